The van der Waals surface area contributed by atoms with Gasteiger partial charge >= 0.3 is 0 Å². The molecule has 0 aliphatic carbocycles. The lowest BCUT2D eigenvalue weighted by Gasteiger charge is -2.16. The van der Waals surface area contributed by atoms with Crippen LogP contribution in [0.5, 0.6) is 11.5 Å². The van der Waals surface area contributed by atoms with E-state index in [9.17, 15) is 8.42 Å². The Balaban J connectivity index is 1.80. The van der Waals surface area contributed by atoms with Crippen LogP contribution in [0, 0.1) is 3.57 Å². The zero-order valence-corrected chi connectivity index (χ0v) is 20.1. The van der Waals surface area contributed by atoms with Crippen LogP contribution in [0.2, 0.25) is 0 Å². The maximum atomic E-state index is 13.0. The van der Waals surface area contributed by atoms with Crippen molar-refractivity contribution in [2.24, 2.45) is 0 Å². The first-order valence-electron chi connectivity index (χ1n) is 9.44. The fraction of sp³-hybridized carbons (Fsp3) is 0.0909. The number of rotatable bonds is 7. The van der Waals surface area contributed by atoms with Crippen LogP contribution in [-0.4, -0.2) is 32.6 Å². The molecule has 0 aliphatic heterocycles. The maximum Gasteiger partial charge on any atom is 0.263 e. The van der Waals surface area contributed by atoms with E-state index in [2.05, 4.69) is 42.6 Å². The van der Waals surface area contributed by atoms with Crippen LogP contribution in [0.1, 0.15) is 0 Å². The summed E-state index contributed by atoms with van der Waals surface area (Å²) >= 11 is 2.12. The summed E-state index contributed by atoms with van der Waals surface area (Å²) in [6.45, 7) is 0. The number of hydrogen-bond donors (Lipinski definition) is 2. The highest BCUT2D eigenvalue weighted by molar-refractivity contribution is 14.1. The van der Waals surface area contributed by atoms with E-state index in [-0.39, 0.29) is 16.5 Å². The van der Waals surface area contributed by atoms with E-state index < -0.39 is 10.0 Å². The molecule has 0 atom stereocenters. The predicted octanol–water partition coefficient (Wildman–Crippen LogP) is 4.80. The fourth-order valence-corrected chi connectivity index (χ4v) is 4.37. The molecule has 8 nitrogen and oxygen atoms in total. The van der Waals surface area contributed by atoms with Gasteiger partial charge < -0.3 is 14.8 Å². The summed E-state index contributed by atoms with van der Waals surface area (Å²) in [4.78, 5) is 9.23. The van der Waals surface area contributed by atoms with Gasteiger partial charge in [0.1, 0.15) is 11.5 Å². The Hall–Kier alpha value is -3.12. The highest BCUT2D eigenvalue weighted by atomic mass is 127. The summed E-state index contributed by atoms with van der Waals surface area (Å²) in [5.74, 6) is 1.42. The van der Waals surface area contributed by atoms with Gasteiger partial charge in [0.05, 0.1) is 35.8 Å². The zero-order chi connectivity index (χ0) is 22.7. The minimum atomic E-state index is -3.89. The lowest BCUT2D eigenvalue weighted by Crippen LogP contribution is -2.16. The Morgan fingerprint density at radius 3 is 2.12 bits per heavy atom. The molecular formula is C22H19IN4O4S. The van der Waals surface area contributed by atoms with Crippen molar-refractivity contribution in [1.82, 2.24) is 9.97 Å². The van der Waals surface area contributed by atoms with Gasteiger partial charge in [-0.1, -0.05) is 12.1 Å². The summed E-state index contributed by atoms with van der Waals surface area (Å²) in [6.07, 6.45) is 0. The molecule has 0 saturated carbocycles. The molecule has 0 saturated heterocycles. The highest BCUT2D eigenvalue weighted by Gasteiger charge is 2.20. The molecule has 164 valence electrons. The normalized spacial score (nSPS) is 11.2. The molecule has 0 unspecified atom stereocenters. The third kappa shape index (κ3) is 4.70. The molecule has 1 aromatic heterocycles. The average molecular weight is 562 g/mol. The van der Waals surface area contributed by atoms with E-state index in [0.717, 1.165) is 3.57 Å². The SMILES string of the molecule is COc1ccc(OC)c(Nc2nc3ccccc3nc2NS(=O)(=O)c2ccc(I)cc2)c1. The lowest BCUT2D eigenvalue weighted by atomic mass is 10.2. The molecule has 32 heavy (non-hydrogen) atoms. The number of aromatic nitrogens is 2. The number of nitrogens with one attached hydrogen (secondary N) is 2. The van der Waals surface area contributed by atoms with Crippen molar-refractivity contribution in [3.63, 3.8) is 0 Å². The van der Waals surface area contributed by atoms with Crippen molar-refractivity contribution in [2.75, 3.05) is 24.3 Å². The van der Waals surface area contributed by atoms with Crippen LogP contribution in [0.3, 0.4) is 0 Å². The Kier molecular flexibility index (Phi) is 6.33. The van der Waals surface area contributed by atoms with Gasteiger partial charge in [-0.05, 0) is 71.1 Å². The third-order valence-electron chi connectivity index (χ3n) is 4.59. The summed E-state index contributed by atoms with van der Waals surface area (Å²) in [7, 11) is -0.795. The fourth-order valence-electron chi connectivity index (χ4n) is 3.00. The van der Waals surface area contributed by atoms with Crippen molar-refractivity contribution in [2.45, 2.75) is 4.90 Å². The first-order chi connectivity index (χ1) is 15.4. The van der Waals surface area contributed by atoms with Crippen LogP contribution in [0.15, 0.2) is 71.6 Å². The Bertz CT molecular complexity index is 1380. The number of para-hydroxylation sites is 2. The molecule has 0 amide bonds. The average Bonchev–Trinajstić information content (AvgIpc) is 2.79. The quantitative estimate of drug-likeness (QED) is 0.312. The van der Waals surface area contributed by atoms with Crippen LogP contribution in [0.25, 0.3) is 11.0 Å². The molecule has 2 N–H and O–H groups in total. The minimum absolute atomic E-state index is 0.0622. The Morgan fingerprint density at radius 1 is 0.844 bits per heavy atom. The number of methoxy groups -OCH3 is 2. The number of ether oxygens (including phenoxy) is 2. The molecule has 0 spiro atoms. The van der Waals surface area contributed by atoms with Crippen LogP contribution >= 0.6 is 22.6 Å². The topological polar surface area (TPSA) is 102 Å². The van der Waals surface area contributed by atoms with Gasteiger partial charge in [0.15, 0.2) is 11.6 Å². The van der Waals surface area contributed by atoms with Crippen molar-refractivity contribution in [1.29, 1.82) is 0 Å². The molecule has 0 fully saturated rings. The number of halogens is 1. The van der Waals surface area contributed by atoms with Gasteiger partial charge in [-0.3, -0.25) is 4.72 Å². The number of fused-ring (bicyclic) bond motifs is 1. The van der Waals surface area contributed by atoms with Crippen molar-refractivity contribution < 1.29 is 17.9 Å². The number of benzene rings is 3. The number of nitrogens with zero attached hydrogens (tertiary/aromatic N) is 2. The first kappa shape index (κ1) is 22.1. The van der Waals surface area contributed by atoms with Crippen molar-refractivity contribution in [3.8, 4) is 11.5 Å². The molecule has 0 bridgehead atoms. The number of anilines is 3. The summed E-state index contributed by atoms with van der Waals surface area (Å²) < 4.78 is 40.3. The molecule has 4 aromatic rings. The van der Waals surface area contributed by atoms with Gasteiger partial charge in [0.2, 0.25) is 0 Å². The largest absolute Gasteiger partial charge is 0.497 e. The minimum Gasteiger partial charge on any atom is -0.497 e. The highest BCUT2D eigenvalue weighted by Crippen LogP contribution is 2.34. The van der Waals surface area contributed by atoms with Crippen molar-refractivity contribution >= 4 is 61.0 Å². The van der Waals surface area contributed by atoms with Gasteiger partial charge in [0.25, 0.3) is 10.0 Å². The molecule has 1 heterocycles. The van der Waals surface area contributed by atoms with Crippen molar-refractivity contribution in [3.05, 3.63) is 70.3 Å². The second-order valence-corrected chi connectivity index (χ2v) is 9.59. The summed E-state index contributed by atoms with van der Waals surface area (Å²) in [6, 6.07) is 19.0. The van der Waals surface area contributed by atoms with E-state index in [0.29, 0.717) is 28.2 Å². The van der Waals surface area contributed by atoms with Crippen LogP contribution in [0.4, 0.5) is 17.3 Å². The van der Waals surface area contributed by atoms with Gasteiger partial charge in [-0.25, -0.2) is 18.4 Å². The smallest absolute Gasteiger partial charge is 0.263 e. The number of sulfonamides is 1. The predicted molar refractivity (Wildman–Crippen MR) is 132 cm³/mol. The molecule has 0 aliphatic rings. The zero-order valence-electron chi connectivity index (χ0n) is 17.2. The third-order valence-corrected chi connectivity index (χ3v) is 6.66. The number of hydrogen-bond acceptors (Lipinski definition) is 7. The van der Waals surface area contributed by atoms with Gasteiger partial charge in [0, 0.05) is 9.64 Å². The van der Waals surface area contributed by atoms with E-state index >= 15 is 0 Å². The first-order valence-corrected chi connectivity index (χ1v) is 12.0. The second kappa shape index (κ2) is 9.17. The van der Waals surface area contributed by atoms with E-state index in [1.165, 1.54) is 12.1 Å². The monoisotopic (exact) mass is 562 g/mol. The van der Waals surface area contributed by atoms with Crippen LogP contribution in [-0.2, 0) is 10.0 Å². The molecule has 3 aromatic carbocycles. The molecular weight excluding hydrogens is 543 g/mol. The standard InChI is InChI=1S/C22H19IN4O4S/c1-30-15-9-12-20(31-2)19(13-15)26-21-22(25-18-6-4-3-5-17(18)24-21)27-32(28,29)16-10-7-14(23)8-11-16/h3-13H,1-2H3,(H,24,26)(H,25,27). The van der Waals surface area contributed by atoms with E-state index in [1.807, 2.05) is 12.1 Å². The lowest BCUT2D eigenvalue weighted by molar-refractivity contribution is 0.405. The van der Waals surface area contributed by atoms with E-state index in [1.54, 1.807) is 56.7 Å². The Morgan fingerprint density at radius 2 is 1.50 bits per heavy atom. The van der Waals surface area contributed by atoms with Gasteiger partial charge in [-0.2, -0.15) is 0 Å². The van der Waals surface area contributed by atoms with Gasteiger partial charge in [-0.15, -0.1) is 0 Å². The summed E-state index contributed by atoms with van der Waals surface area (Å²) in [5, 5.41) is 3.14. The van der Waals surface area contributed by atoms with Crippen LogP contribution < -0.4 is 19.5 Å². The molecule has 4 rings (SSSR count). The summed E-state index contributed by atoms with van der Waals surface area (Å²) in [5.41, 5.74) is 1.70. The second-order valence-electron chi connectivity index (χ2n) is 6.66. The van der Waals surface area contributed by atoms with E-state index in [4.69, 9.17) is 9.47 Å². The molecule has 10 heteroatoms. The maximum absolute atomic E-state index is 13.0. The Labute approximate surface area is 199 Å². The molecule has 0 radical (unpaired) electrons.